The Morgan fingerprint density at radius 2 is 1.95 bits per heavy atom. The van der Waals surface area contributed by atoms with Crippen LogP contribution in [-0.4, -0.2) is 35.1 Å². The summed E-state index contributed by atoms with van der Waals surface area (Å²) in [6.45, 7) is 3.56. The van der Waals surface area contributed by atoms with Crippen LogP contribution in [-0.2, 0) is 10.2 Å². The fourth-order valence-electron chi connectivity index (χ4n) is 4.25. The fourth-order valence-corrected chi connectivity index (χ4v) is 4.25. The van der Waals surface area contributed by atoms with Crippen LogP contribution in [0.3, 0.4) is 0 Å². The Hall–Kier alpha value is -1.35. The molecule has 2 aliphatic rings. The van der Waals surface area contributed by atoms with Gasteiger partial charge in [0, 0.05) is 12.6 Å². The van der Waals surface area contributed by atoms with E-state index >= 15 is 0 Å². The van der Waals surface area contributed by atoms with Gasteiger partial charge >= 0.3 is 5.97 Å². The highest BCUT2D eigenvalue weighted by Crippen LogP contribution is 2.38. The molecule has 3 nitrogen and oxygen atoms in total. The van der Waals surface area contributed by atoms with Crippen molar-refractivity contribution in [3.8, 4) is 0 Å². The van der Waals surface area contributed by atoms with Crippen LogP contribution >= 0.6 is 0 Å². The van der Waals surface area contributed by atoms with Crippen LogP contribution in [0.4, 0.5) is 0 Å². The highest BCUT2D eigenvalue weighted by atomic mass is 16.4. The van der Waals surface area contributed by atoms with E-state index in [0.29, 0.717) is 12.6 Å². The quantitative estimate of drug-likeness (QED) is 0.923. The number of carboxylic acid groups (broad SMARTS) is 1. The molecule has 1 aliphatic heterocycles. The minimum atomic E-state index is -0.814. The second kappa shape index (κ2) is 5.80. The van der Waals surface area contributed by atoms with E-state index in [1.165, 1.54) is 32.1 Å². The van der Waals surface area contributed by atoms with E-state index in [0.717, 1.165) is 18.0 Å². The Morgan fingerprint density at radius 3 is 2.67 bits per heavy atom. The van der Waals surface area contributed by atoms with Crippen molar-refractivity contribution in [2.45, 2.75) is 50.5 Å². The van der Waals surface area contributed by atoms with Gasteiger partial charge in [0.2, 0.25) is 0 Å². The van der Waals surface area contributed by atoms with Crippen molar-refractivity contribution in [3.63, 3.8) is 0 Å². The van der Waals surface area contributed by atoms with Crippen molar-refractivity contribution < 1.29 is 9.90 Å². The lowest BCUT2D eigenvalue weighted by molar-refractivity contribution is -0.144. The molecule has 0 radical (unpaired) electrons. The van der Waals surface area contributed by atoms with Gasteiger partial charge in [-0.3, -0.25) is 9.69 Å². The molecule has 114 valence electrons. The third-order valence-electron chi connectivity index (χ3n) is 5.51. The summed E-state index contributed by atoms with van der Waals surface area (Å²) < 4.78 is 0. The molecule has 1 saturated heterocycles. The van der Waals surface area contributed by atoms with Gasteiger partial charge in [-0.2, -0.15) is 0 Å². The van der Waals surface area contributed by atoms with Crippen molar-refractivity contribution >= 4 is 5.97 Å². The third kappa shape index (κ3) is 2.71. The average molecular weight is 287 g/mol. The first kappa shape index (κ1) is 14.6. The zero-order chi connectivity index (χ0) is 14.9. The Morgan fingerprint density at radius 1 is 1.24 bits per heavy atom. The summed E-state index contributed by atoms with van der Waals surface area (Å²) in [6, 6.07) is 10.3. The van der Waals surface area contributed by atoms with E-state index in [1.54, 1.807) is 0 Å². The van der Waals surface area contributed by atoms with Crippen LogP contribution in [0.2, 0.25) is 0 Å². The Kier molecular flexibility index (Phi) is 4.03. The summed E-state index contributed by atoms with van der Waals surface area (Å²) in [5.74, 6) is 0.0846. The van der Waals surface area contributed by atoms with Gasteiger partial charge in [0.15, 0.2) is 0 Å². The summed E-state index contributed by atoms with van der Waals surface area (Å²) in [5.41, 5.74) is 0.101. The number of fused-ring (bicyclic) bond motifs is 1. The molecule has 3 rings (SSSR count). The molecule has 3 atom stereocenters. The Labute approximate surface area is 127 Å². The second-order valence-electron chi connectivity index (χ2n) is 6.87. The maximum absolute atomic E-state index is 12.0. The lowest BCUT2D eigenvalue weighted by Gasteiger charge is -2.42. The summed E-state index contributed by atoms with van der Waals surface area (Å²) in [7, 11) is 0. The Bertz CT molecular complexity index is 501. The van der Waals surface area contributed by atoms with Crippen LogP contribution in [0.1, 0.15) is 44.6 Å². The zero-order valence-corrected chi connectivity index (χ0v) is 12.8. The normalized spacial score (nSPS) is 28.8. The van der Waals surface area contributed by atoms with Crippen molar-refractivity contribution in [3.05, 3.63) is 35.9 Å². The van der Waals surface area contributed by atoms with E-state index in [4.69, 9.17) is 0 Å². The number of hydrogen-bond donors (Lipinski definition) is 1. The molecule has 1 heterocycles. The summed E-state index contributed by atoms with van der Waals surface area (Å²) >= 11 is 0. The predicted octanol–water partition coefficient (Wildman–Crippen LogP) is 3.29. The van der Waals surface area contributed by atoms with Gasteiger partial charge in [-0.25, -0.2) is 0 Å². The molecule has 2 fully saturated rings. The number of likely N-dealkylation sites (tertiary alicyclic amines) is 1. The summed E-state index contributed by atoms with van der Waals surface area (Å²) in [6.07, 6.45) is 6.42. The topological polar surface area (TPSA) is 40.5 Å². The van der Waals surface area contributed by atoms with Gasteiger partial charge in [-0.1, -0.05) is 36.8 Å². The van der Waals surface area contributed by atoms with Crippen molar-refractivity contribution in [2.24, 2.45) is 5.92 Å². The van der Waals surface area contributed by atoms with Gasteiger partial charge in [0.1, 0.15) is 5.41 Å². The minimum Gasteiger partial charge on any atom is -0.481 e. The molecule has 3 unspecified atom stereocenters. The number of piperidine rings is 1. The zero-order valence-electron chi connectivity index (χ0n) is 12.8. The van der Waals surface area contributed by atoms with Crippen LogP contribution in [0, 0.1) is 5.92 Å². The lowest BCUT2D eigenvalue weighted by Crippen LogP contribution is -2.51. The molecule has 1 aromatic rings. The van der Waals surface area contributed by atoms with E-state index in [1.807, 2.05) is 37.3 Å². The molecular formula is C18H25NO2. The second-order valence-corrected chi connectivity index (χ2v) is 6.87. The molecule has 0 bridgehead atoms. The van der Waals surface area contributed by atoms with Gasteiger partial charge in [-0.05, 0) is 50.6 Å². The highest BCUT2D eigenvalue weighted by molar-refractivity contribution is 5.81. The van der Waals surface area contributed by atoms with E-state index in [-0.39, 0.29) is 0 Å². The number of aliphatic carboxylic acids is 1. The standard InChI is InChI=1S/C18H25NO2/c1-18(17(20)21,15-9-3-2-4-10-15)13-19-12-6-8-14-7-5-11-16(14)19/h2-4,9-10,14,16H,5-8,11-13H2,1H3,(H,20,21). The molecule has 0 amide bonds. The van der Waals surface area contributed by atoms with Gasteiger partial charge in [0.25, 0.3) is 0 Å². The van der Waals surface area contributed by atoms with Crippen LogP contribution in [0.5, 0.6) is 0 Å². The number of nitrogens with zero attached hydrogens (tertiary/aromatic N) is 1. The number of carboxylic acids is 1. The summed E-state index contributed by atoms with van der Waals surface area (Å²) in [5, 5.41) is 9.83. The van der Waals surface area contributed by atoms with Gasteiger partial charge in [-0.15, -0.1) is 0 Å². The first-order valence-electron chi connectivity index (χ1n) is 8.14. The van der Waals surface area contributed by atoms with Crippen LogP contribution < -0.4 is 0 Å². The molecule has 0 aromatic heterocycles. The fraction of sp³-hybridized carbons (Fsp3) is 0.611. The number of benzene rings is 1. The van der Waals surface area contributed by atoms with Crippen LogP contribution in [0.25, 0.3) is 0 Å². The maximum Gasteiger partial charge on any atom is 0.315 e. The first-order valence-corrected chi connectivity index (χ1v) is 8.14. The minimum absolute atomic E-state index is 0.612. The van der Waals surface area contributed by atoms with E-state index < -0.39 is 11.4 Å². The van der Waals surface area contributed by atoms with Gasteiger partial charge < -0.3 is 5.11 Å². The number of hydrogen-bond acceptors (Lipinski definition) is 2. The molecule has 1 N–H and O–H groups in total. The molecule has 1 aliphatic carbocycles. The average Bonchev–Trinajstić information content (AvgIpc) is 2.97. The highest BCUT2D eigenvalue weighted by Gasteiger charge is 2.42. The molecule has 1 aromatic carbocycles. The van der Waals surface area contributed by atoms with Crippen molar-refractivity contribution in [1.29, 1.82) is 0 Å². The molecular weight excluding hydrogens is 262 g/mol. The van der Waals surface area contributed by atoms with Gasteiger partial charge in [0.05, 0.1) is 0 Å². The van der Waals surface area contributed by atoms with Crippen molar-refractivity contribution in [2.75, 3.05) is 13.1 Å². The monoisotopic (exact) mass is 287 g/mol. The lowest BCUT2D eigenvalue weighted by atomic mass is 9.80. The van der Waals surface area contributed by atoms with E-state index in [9.17, 15) is 9.90 Å². The number of carbonyl (C=O) groups is 1. The molecule has 1 saturated carbocycles. The summed E-state index contributed by atoms with van der Waals surface area (Å²) in [4.78, 5) is 14.4. The third-order valence-corrected chi connectivity index (χ3v) is 5.51. The maximum atomic E-state index is 12.0. The number of rotatable bonds is 4. The largest absolute Gasteiger partial charge is 0.481 e. The SMILES string of the molecule is CC(CN1CCCC2CCCC21)(C(=O)O)c1ccccc1. The predicted molar refractivity (Wildman–Crippen MR) is 83.4 cm³/mol. The first-order chi connectivity index (χ1) is 10.1. The Balaban J connectivity index is 1.84. The molecule has 3 heteroatoms. The van der Waals surface area contributed by atoms with Crippen LogP contribution in [0.15, 0.2) is 30.3 Å². The van der Waals surface area contributed by atoms with E-state index in [2.05, 4.69) is 4.90 Å². The smallest absolute Gasteiger partial charge is 0.315 e. The molecule has 21 heavy (non-hydrogen) atoms. The molecule has 0 spiro atoms. The van der Waals surface area contributed by atoms with Crippen molar-refractivity contribution in [1.82, 2.24) is 4.90 Å².